The van der Waals surface area contributed by atoms with Crippen molar-refractivity contribution in [3.8, 4) is 0 Å². The first-order chi connectivity index (χ1) is 13.4. The van der Waals surface area contributed by atoms with Crippen LogP contribution in [0.3, 0.4) is 0 Å². The second kappa shape index (κ2) is 7.97. The zero-order valence-electron chi connectivity index (χ0n) is 17.3. The van der Waals surface area contributed by atoms with Crippen LogP contribution in [0, 0.1) is 19.8 Å². The number of hydrogen-bond acceptors (Lipinski definition) is 6. The van der Waals surface area contributed by atoms with Crippen molar-refractivity contribution >= 4 is 17.2 Å². The number of amides is 1. The van der Waals surface area contributed by atoms with E-state index in [4.69, 9.17) is 4.52 Å². The van der Waals surface area contributed by atoms with Crippen molar-refractivity contribution in [2.45, 2.75) is 39.8 Å². The van der Waals surface area contributed by atoms with E-state index in [0.717, 1.165) is 69.1 Å². The van der Waals surface area contributed by atoms with E-state index >= 15 is 0 Å². The van der Waals surface area contributed by atoms with Gasteiger partial charge in [-0.05, 0) is 52.3 Å². The standard InChI is InChI=1S/C21H30N4O2S/c1-14-18(15(2)27-22-14)11-24-7-6-17-19(13-28-20(17)12-24)21(26)25-8-5-16(10-25)9-23(3)4/h13,16H,5-12H2,1-4H3/t16-/m1/s1. The molecular formula is C21H30N4O2S. The Balaban J connectivity index is 1.42. The highest BCUT2D eigenvalue weighted by Crippen LogP contribution is 2.32. The third-order valence-corrected chi connectivity index (χ3v) is 7.03. The molecule has 2 aliphatic heterocycles. The van der Waals surface area contributed by atoms with Gasteiger partial charge in [0, 0.05) is 55.1 Å². The van der Waals surface area contributed by atoms with Crippen LogP contribution in [0.5, 0.6) is 0 Å². The highest BCUT2D eigenvalue weighted by atomic mass is 32.1. The molecule has 0 spiro atoms. The molecule has 0 aliphatic carbocycles. The van der Waals surface area contributed by atoms with Crippen molar-refractivity contribution in [1.29, 1.82) is 0 Å². The van der Waals surface area contributed by atoms with Crippen LogP contribution in [-0.2, 0) is 19.5 Å². The lowest BCUT2D eigenvalue weighted by Crippen LogP contribution is -2.33. The molecule has 152 valence electrons. The summed E-state index contributed by atoms with van der Waals surface area (Å²) < 4.78 is 5.30. The SMILES string of the molecule is Cc1noc(C)c1CN1CCc2c(C(=O)N3CC[C@H](CN(C)C)C3)csc2C1. The molecule has 1 atom stereocenters. The van der Waals surface area contributed by atoms with Gasteiger partial charge in [-0.2, -0.15) is 0 Å². The van der Waals surface area contributed by atoms with E-state index in [0.29, 0.717) is 5.92 Å². The molecule has 2 aliphatic rings. The van der Waals surface area contributed by atoms with Gasteiger partial charge in [0.2, 0.25) is 0 Å². The molecular weight excluding hydrogens is 372 g/mol. The van der Waals surface area contributed by atoms with Crippen LogP contribution in [0.2, 0.25) is 0 Å². The van der Waals surface area contributed by atoms with Crippen LogP contribution in [0.4, 0.5) is 0 Å². The van der Waals surface area contributed by atoms with Crippen molar-refractivity contribution in [2.75, 3.05) is 40.3 Å². The molecule has 0 saturated carbocycles. The number of aryl methyl sites for hydroxylation is 2. The first-order valence-corrected chi connectivity index (χ1v) is 11.0. The number of aromatic nitrogens is 1. The molecule has 2 aromatic heterocycles. The minimum atomic E-state index is 0.234. The predicted octanol–water partition coefficient (Wildman–Crippen LogP) is 2.93. The van der Waals surface area contributed by atoms with Crippen LogP contribution in [-0.4, -0.2) is 66.0 Å². The average molecular weight is 403 g/mol. The fourth-order valence-corrected chi connectivity index (χ4v) is 5.61. The number of carbonyl (C=O) groups excluding carboxylic acids is 1. The summed E-state index contributed by atoms with van der Waals surface area (Å²) in [6, 6.07) is 0. The van der Waals surface area contributed by atoms with Crippen molar-refractivity contribution < 1.29 is 9.32 Å². The topological polar surface area (TPSA) is 52.8 Å². The quantitative estimate of drug-likeness (QED) is 0.770. The van der Waals surface area contributed by atoms with Crippen molar-refractivity contribution in [1.82, 2.24) is 19.9 Å². The highest BCUT2D eigenvalue weighted by Gasteiger charge is 2.31. The third-order valence-electron chi connectivity index (χ3n) is 6.02. The maximum absolute atomic E-state index is 13.1. The van der Waals surface area contributed by atoms with E-state index in [9.17, 15) is 4.79 Å². The number of rotatable bonds is 5. The zero-order chi connectivity index (χ0) is 19.8. The molecule has 2 aromatic rings. The van der Waals surface area contributed by atoms with E-state index in [-0.39, 0.29) is 5.91 Å². The molecule has 1 amide bonds. The smallest absolute Gasteiger partial charge is 0.254 e. The summed E-state index contributed by atoms with van der Waals surface area (Å²) in [4.78, 5) is 21.2. The van der Waals surface area contributed by atoms with Gasteiger partial charge in [0.15, 0.2) is 0 Å². The van der Waals surface area contributed by atoms with E-state index in [2.05, 4.69) is 39.3 Å². The summed E-state index contributed by atoms with van der Waals surface area (Å²) in [5.74, 6) is 1.74. The molecule has 1 fully saturated rings. The zero-order valence-corrected chi connectivity index (χ0v) is 18.1. The van der Waals surface area contributed by atoms with Gasteiger partial charge in [0.1, 0.15) is 5.76 Å². The van der Waals surface area contributed by atoms with Crippen molar-refractivity contribution in [3.63, 3.8) is 0 Å². The Morgan fingerprint density at radius 3 is 2.89 bits per heavy atom. The Hall–Kier alpha value is -1.70. The second-order valence-corrected chi connectivity index (χ2v) is 9.45. The number of nitrogens with zero attached hydrogens (tertiary/aromatic N) is 4. The lowest BCUT2D eigenvalue weighted by Gasteiger charge is -2.27. The molecule has 0 aromatic carbocycles. The summed E-state index contributed by atoms with van der Waals surface area (Å²) in [7, 11) is 4.21. The van der Waals surface area contributed by atoms with Crippen LogP contribution in [0.15, 0.2) is 9.90 Å². The Kier molecular flexibility index (Phi) is 5.58. The maximum atomic E-state index is 13.1. The molecule has 4 rings (SSSR count). The monoisotopic (exact) mass is 402 g/mol. The Morgan fingerprint density at radius 2 is 2.18 bits per heavy atom. The van der Waals surface area contributed by atoms with Gasteiger partial charge in [-0.1, -0.05) is 5.16 Å². The molecule has 0 N–H and O–H groups in total. The molecule has 0 unspecified atom stereocenters. The summed E-state index contributed by atoms with van der Waals surface area (Å²) in [5.41, 5.74) is 4.40. The van der Waals surface area contributed by atoms with E-state index in [1.54, 1.807) is 11.3 Å². The normalized spacial score (nSPS) is 20.2. The van der Waals surface area contributed by atoms with Gasteiger partial charge < -0.3 is 14.3 Å². The molecule has 6 nitrogen and oxygen atoms in total. The van der Waals surface area contributed by atoms with Crippen LogP contribution >= 0.6 is 11.3 Å². The van der Waals surface area contributed by atoms with Gasteiger partial charge in [-0.25, -0.2) is 0 Å². The number of thiophene rings is 1. The molecule has 7 heteroatoms. The highest BCUT2D eigenvalue weighted by molar-refractivity contribution is 7.10. The number of hydrogen-bond donors (Lipinski definition) is 0. The molecule has 28 heavy (non-hydrogen) atoms. The summed E-state index contributed by atoms with van der Waals surface area (Å²) in [6.45, 7) is 9.55. The van der Waals surface area contributed by atoms with Crippen molar-refractivity contribution in [2.24, 2.45) is 5.92 Å². The second-order valence-electron chi connectivity index (χ2n) is 8.48. The number of likely N-dealkylation sites (tertiary alicyclic amines) is 1. The number of carbonyl (C=O) groups is 1. The Labute approximate surface area is 171 Å². The Morgan fingerprint density at radius 1 is 1.36 bits per heavy atom. The van der Waals surface area contributed by atoms with E-state index in [1.165, 1.54) is 16.0 Å². The van der Waals surface area contributed by atoms with Gasteiger partial charge >= 0.3 is 0 Å². The fourth-order valence-electron chi connectivity index (χ4n) is 4.50. The first-order valence-electron chi connectivity index (χ1n) is 10.1. The fraction of sp³-hybridized carbons (Fsp3) is 0.619. The minimum Gasteiger partial charge on any atom is -0.361 e. The largest absolute Gasteiger partial charge is 0.361 e. The van der Waals surface area contributed by atoms with Crippen LogP contribution < -0.4 is 0 Å². The summed E-state index contributed by atoms with van der Waals surface area (Å²) >= 11 is 1.74. The molecule has 0 radical (unpaired) electrons. The average Bonchev–Trinajstić information content (AvgIpc) is 3.36. The lowest BCUT2D eigenvalue weighted by molar-refractivity contribution is 0.0783. The lowest BCUT2D eigenvalue weighted by atomic mass is 10.0. The van der Waals surface area contributed by atoms with Gasteiger partial charge in [-0.15, -0.1) is 11.3 Å². The molecule has 1 saturated heterocycles. The molecule has 4 heterocycles. The third kappa shape index (κ3) is 3.88. The van der Waals surface area contributed by atoms with Crippen LogP contribution in [0.1, 0.15) is 44.2 Å². The summed E-state index contributed by atoms with van der Waals surface area (Å²) in [5, 5.41) is 6.16. The van der Waals surface area contributed by atoms with Gasteiger partial charge in [-0.3, -0.25) is 9.69 Å². The van der Waals surface area contributed by atoms with Crippen molar-refractivity contribution in [3.05, 3.63) is 38.4 Å². The van der Waals surface area contributed by atoms with E-state index < -0.39 is 0 Å². The molecule has 0 bridgehead atoms. The summed E-state index contributed by atoms with van der Waals surface area (Å²) in [6.07, 6.45) is 2.06. The van der Waals surface area contributed by atoms with Gasteiger partial charge in [0.25, 0.3) is 5.91 Å². The van der Waals surface area contributed by atoms with Crippen LogP contribution in [0.25, 0.3) is 0 Å². The Bertz CT molecular complexity index is 837. The van der Waals surface area contributed by atoms with E-state index in [1.807, 2.05) is 13.8 Å². The van der Waals surface area contributed by atoms with Gasteiger partial charge in [0.05, 0.1) is 11.3 Å². The number of fused-ring (bicyclic) bond motifs is 1. The maximum Gasteiger partial charge on any atom is 0.254 e. The predicted molar refractivity (Wildman–Crippen MR) is 111 cm³/mol. The first kappa shape index (κ1) is 19.6. The minimum absolute atomic E-state index is 0.234.